The van der Waals surface area contributed by atoms with E-state index in [1.807, 2.05) is 0 Å². The number of aliphatic carboxylic acids is 1. The summed E-state index contributed by atoms with van der Waals surface area (Å²) in [5.74, 6) is 2.76. The zero-order chi connectivity index (χ0) is 22.6. The van der Waals surface area contributed by atoms with Gasteiger partial charge in [0.15, 0.2) is 0 Å². The zero-order valence-electron chi connectivity index (χ0n) is 20.5. The molecule has 4 aliphatic carbocycles. The first-order chi connectivity index (χ1) is 14.6. The minimum absolute atomic E-state index is 0.217. The van der Waals surface area contributed by atoms with Gasteiger partial charge in [-0.1, -0.05) is 34.6 Å². The first kappa shape index (κ1) is 23.3. The Labute approximate surface area is 189 Å². The quantitative estimate of drug-likeness (QED) is 0.567. The van der Waals surface area contributed by atoms with Crippen LogP contribution in [0.5, 0.6) is 0 Å². The van der Waals surface area contributed by atoms with Crippen LogP contribution < -0.4 is 5.32 Å². The summed E-state index contributed by atoms with van der Waals surface area (Å²) in [5.41, 5.74) is 0.538. The fourth-order valence-corrected chi connectivity index (χ4v) is 9.08. The Balaban J connectivity index is 1.52. The van der Waals surface area contributed by atoms with E-state index in [1.165, 1.54) is 44.9 Å². The minimum Gasteiger partial charge on any atom is -0.481 e. The van der Waals surface area contributed by atoms with Crippen molar-refractivity contribution in [3.8, 4) is 0 Å². The van der Waals surface area contributed by atoms with E-state index in [9.17, 15) is 9.59 Å². The van der Waals surface area contributed by atoms with E-state index in [2.05, 4.69) is 39.9 Å². The molecule has 9 atom stereocenters. The maximum absolute atomic E-state index is 13.6. The van der Waals surface area contributed by atoms with Gasteiger partial charge >= 0.3 is 5.97 Å². The van der Waals surface area contributed by atoms with Gasteiger partial charge in [0.05, 0.1) is 0 Å². The number of ketones is 1. The highest BCUT2D eigenvalue weighted by atomic mass is 16.4. The van der Waals surface area contributed by atoms with Gasteiger partial charge in [-0.3, -0.25) is 9.59 Å². The van der Waals surface area contributed by atoms with Crippen molar-refractivity contribution >= 4 is 11.8 Å². The zero-order valence-corrected chi connectivity index (χ0v) is 20.5. The third-order valence-electron chi connectivity index (χ3n) is 10.6. The van der Waals surface area contributed by atoms with Gasteiger partial charge in [-0.15, -0.1) is 0 Å². The Kier molecular flexibility index (Phi) is 6.35. The number of nitrogens with one attached hydrogen (secondary N) is 1. The number of hydrogen-bond donors (Lipinski definition) is 2. The highest BCUT2D eigenvalue weighted by molar-refractivity contribution is 5.83. The van der Waals surface area contributed by atoms with E-state index in [4.69, 9.17) is 5.11 Å². The lowest BCUT2D eigenvalue weighted by atomic mass is 9.44. The summed E-state index contributed by atoms with van der Waals surface area (Å²) in [5, 5.41) is 12.9. The molecule has 4 nitrogen and oxygen atoms in total. The molecule has 0 aromatic carbocycles. The smallest absolute Gasteiger partial charge is 0.303 e. The van der Waals surface area contributed by atoms with Gasteiger partial charge in [0, 0.05) is 30.8 Å². The summed E-state index contributed by atoms with van der Waals surface area (Å²) in [4.78, 5) is 24.7. The third kappa shape index (κ3) is 4.00. The van der Waals surface area contributed by atoms with Crippen LogP contribution >= 0.6 is 0 Å². The second kappa shape index (κ2) is 8.47. The van der Waals surface area contributed by atoms with Gasteiger partial charge in [-0.25, -0.2) is 0 Å². The van der Waals surface area contributed by atoms with Crippen molar-refractivity contribution in [1.29, 1.82) is 0 Å². The molecule has 4 heteroatoms. The summed E-state index contributed by atoms with van der Waals surface area (Å²) >= 11 is 0. The molecule has 0 spiro atoms. The van der Waals surface area contributed by atoms with Crippen molar-refractivity contribution < 1.29 is 14.7 Å². The lowest BCUT2D eigenvalue weighted by Gasteiger charge is -2.60. The molecule has 0 aromatic heterocycles. The molecule has 9 unspecified atom stereocenters. The molecule has 4 rings (SSSR count). The summed E-state index contributed by atoms with van der Waals surface area (Å²) in [6.45, 7) is 11.7. The molecule has 0 bridgehead atoms. The number of carboxylic acid groups (broad SMARTS) is 1. The van der Waals surface area contributed by atoms with Crippen LogP contribution in [0.1, 0.15) is 98.8 Å². The summed E-state index contributed by atoms with van der Waals surface area (Å²) in [6, 6.07) is 1.08. The number of carbonyl (C=O) groups excluding carboxylic acids is 1. The van der Waals surface area contributed by atoms with Gasteiger partial charge in [-0.2, -0.15) is 0 Å². The van der Waals surface area contributed by atoms with Crippen LogP contribution in [0.25, 0.3) is 0 Å². The largest absolute Gasteiger partial charge is 0.481 e. The second-order valence-electron chi connectivity index (χ2n) is 12.5. The monoisotopic (exact) mass is 431 g/mol. The topological polar surface area (TPSA) is 66.4 Å². The number of Topliss-reactive ketones (excluding diaryl/α,β-unsaturated/α-hetero) is 1. The molecule has 176 valence electrons. The van der Waals surface area contributed by atoms with Crippen LogP contribution in [0, 0.1) is 46.3 Å². The molecule has 0 saturated heterocycles. The van der Waals surface area contributed by atoms with Crippen molar-refractivity contribution in [1.82, 2.24) is 5.32 Å². The number of carboxylic acids is 1. The lowest BCUT2D eigenvalue weighted by molar-refractivity contribution is -0.157. The lowest BCUT2D eigenvalue weighted by Crippen LogP contribution is -2.58. The SMILES string of the molecule is CC(C)NC1CCC2(C)C(CC(=O)C3C2CCC2(C)C(C(C)CCC(=O)O)CCC32)C1. The van der Waals surface area contributed by atoms with Crippen molar-refractivity contribution in [3.63, 3.8) is 0 Å². The van der Waals surface area contributed by atoms with Crippen LogP contribution in [0.4, 0.5) is 0 Å². The predicted molar refractivity (Wildman–Crippen MR) is 124 cm³/mol. The van der Waals surface area contributed by atoms with Gasteiger partial charge in [0.25, 0.3) is 0 Å². The number of carbonyl (C=O) groups is 2. The Bertz CT molecular complexity index is 705. The Morgan fingerprint density at radius 2 is 1.74 bits per heavy atom. The highest BCUT2D eigenvalue weighted by Gasteiger charge is 2.63. The van der Waals surface area contributed by atoms with Crippen LogP contribution in [0.15, 0.2) is 0 Å². The first-order valence-electron chi connectivity index (χ1n) is 13.1. The average Bonchev–Trinajstić information content (AvgIpc) is 3.04. The normalized spacial score (nSPS) is 45.7. The van der Waals surface area contributed by atoms with Crippen LogP contribution in [0.2, 0.25) is 0 Å². The second-order valence-corrected chi connectivity index (χ2v) is 12.5. The molecule has 0 radical (unpaired) electrons. The molecule has 0 amide bonds. The third-order valence-corrected chi connectivity index (χ3v) is 10.6. The number of rotatable bonds is 6. The maximum Gasteiger partial charge on any atom is 0.303 e. The Hall–Kier alpha value is -0.900. The molecule has 4 aliphatic rings. The highest BCUT2D eigenvalue weighted by Crippen LogP contribution is 2.67. The maximum atomic E-state index is 13.6. The molecule has 0 aromatic rings. The number of fused-ring (bicyclic) bond motifs is 5. The average molecular weight is 432 g/mol. The first-order valence-corrected chi connectivity index (χ1v) is 13.1. The van der Waals surface area contributed by atoms with E-state index >= 15 is 0 Å². The molecular formula is C27H45NO3. The Morgan fingerprint density at radius 1 is 1.06 bits per heavy atom. The van der Waals surface area contributed by atoms with E-state index < -0.39 is 5.97 Å². The van der Waals surface area contributed by atoms with Gasteiger partial charge in [0.2, 0.25) is 0 Å². The molecule has 4 fully saturated rings. The summed E-state index contributed by atoms with van der Waals surface area (Å²) < 4.78 is 0. The molecular weight excluding hydrogens is 386 g/mol. The number of hydrogen-bond acceptors (Lipinski definition) is 3. The fraction of sp³-hybridized carbons (Fsp3) is 0.926. The van der Waals surface area contributed by atoms with Crippen molar-refractivity contribution in [3.05, 3.63) is 0 Å². The van der Waals surface area contributed by atoms with Crippen LogP contribution in [-0.4, -0.2) is 28.9 Å². The minimum atomic E-state index is -0.681. The van der Waals surface area contributed by atoms with Crippen molar-refractivity contribution in [2.45, 2.75) is 111 Å². The fourth-order valence-electron chi connectivity index (χ4n) is 9.08. The van der Waals surface area contributed by atoms with Crippen LogP contribution in [0.3, 0.4) is 0 Å². The molecule has 0 heterocycles. The van der Waals surface area contributed by atoms with Gasteiger partial charge in [0.1, 0.15) is 5.78 Å². The summed E-state index contributed by atoms with van der Waals surface area (Å²) in [7, 11) is 0. The molecule has 4 saturated carbocycles. The predicted octanol–water partition coefficient (Wildman–Crippen LogP) is 5.69. The van der Waals surface area contributed by atoms with E-state index in [0.29, 0.717) is 52.9 Å². The van der Waals surface area contributed by atoms with E-state index in [0.717, 1.165) is 12.8 Å². The van der Waals surface area contributed by atoms with Crippen molar-refractivity contribution in [2.75, 3.05) is 0 Å². The van der Waals surface area contributed by atoms with E-state index in [1.54, 1.807) is 0 Å². The Morgan fingerprint density at radius 3 is 2.42 bits per heavy atom. The standard InChI is InChI=1S/C27H45NO3/c1-16(2)28-19-10-12-26(4)18(14-19)15-23(29)25-21-8-7-20(17(3)6-9-24(30)31)27(21,5)13-11-22(25)26/h16-22,25,28H,6-15H2,1-5H3,(H,30,31). The summed E-state index contributed by atoms with van der Waals surface area (Å²) in [6.07, 6.45) is 10.3. The van der Waals surface area contributed by atoms with Crippen LogP contribution in [-0.2, 0) is 9.59 Å². The van der Waals surface area contributed by atoms with E-state index in [-0.39, 0.29) is 17.8 Å². The molecule has 0 aliphatic heterocycles. The molecule has 31 heavy (non-hydrogen) atoms. The molecule has 2 N–H and O–H groups in total. The van der Waals surface area contributed by atoms with Crippen molar-refractivity contribution in [2.24, 2.45) is 46.3 Å². The van der Waals surface area contributed by atoms with Gasteiger partial charge < -0.3 is 10.4 Å². The van der Waals surface area contributed by atoms with Gasteiger partial charge in [-0.05, 0) is 91.8 Å².